The highest BCUT2D eigenvalue weighted by molar-refractivity contribution is 6.04. The summed E-state index contributed by atoms with van der Waals surface area (Å²) < 4.78 is 44.3. The van der Waals surface area contributed by atoms with Gasteiger partial charge >= 0.3 is 0 Å². The molecule has 0 radical (unpaired) electrons. The summed E-state index contributed by atoms with van der Waals surface area (Å²) in [5, 5.41) is 2.23. The van der Waals surface area contributed by atoms with Crippen molar-refractivity contribution in [1.82, 2.24) is 0 Å². The molecule has 20 heavy (non-hydrogen) atoms. The van der Waals surface area contributed by atoms with Crippen LogP contribution in [0.2, 0.25) is 0 Å². The van der Waals surface area contributed by atoms with Crippen LogP contribution in [-0.4, -0.2) is 13.0 Å². The van der Waals surface area contributed by atoms with E-state index >= 15 is 0 Å². The molecular formula is C14H10F3NO2. The van der Waals surface area contributed by atoms with Crippen LogP contribution in [0.1, 0.15) is 10.4 Å². The van der Waals surface area contributed by atoms with Gasteiger partial charge in [-0.05, 0) is 30.3 Å². The first-order valence-electron chi connectivity index (χ1n) is 5.61. The molecule has 0 unspecified atom stereocenters. The highest BCUT2D eigenvalue weighted by atomic mass is 19.1. The summed E-state index contributed by atoms with van der Waals surface area (Å²) in [5.41, 5.74) is -0.195. The minimum atomic E-state index is -0.910. The van der Waals surface area contributed by atoms with Crippen molar-refractivity contribution in [3.8, 4) is 5.75 Å². The zero-order chi connectivity index (χ0) is 14.7. The zero-order valence-corrected chi connectivity index (χ0v) is 10.4. The van der Waals surface area contributed by atoms with E-state index < -0.39 is 23.4 Å². The van der Waals surface area contributed by atoms with Gasteiger partial charge in [-0.3, -0.25) is 4.79 Å². The summed E-state index contributed by atoms with van der Waals surface area (Å²) in [6.07, 6.45) is 0. The van der Waals surface area contributed by atoms with E-state index in [4.69, 9.17) is 4.74 Å². The van der Waals surface area contributed by atoms with Gasteiger partial charge in [-0.15, -0.1) is 0 Å². The van der Waals surface area contributed by atoms with E-state index in [2.05, 4.69) is 5.32 Å². The van der Waals surface area contributed by atoms with Crippen LogP contribution in [0.3, 0.4) is 0 Å². The summed E-state index contributed by atoms with van der Waals surface area (Å²) in [6.45, 7) is 0. The Hall–Kier alpha value is -2.50. The van der Waals surface area contributed by atoms with E-state index in [1.807, 2.05) is 0 Å². The molecule has 0 fully saturated rings. The molecule has 0 spiro atoms. The Balaban J connectivity index is 2.21. The predicted molar refractivity (Wildman–Crippen MR) is 67.3 cm³/mol. The van der Waals surface area contributed by atoms with Crippen molar-refractivity contribution >= 4 is 11.6 Å². The molecule has 6 heteroatoms. The molecule has 3 nitrogen and oxygen atoms in total. The third-order valence-electron chi connectivity index (χ3n) is 2.59. The maximum Gasteiger partial charge on any atom is 0.255 e. The zero-order valence-electron chi connectivity index (χ0n) is 10.4. The van der Waals surface area contributed by atoms with Crippen LogP contribution in [0.5, 0.6) is 5.75 Å². The third kappa shape index (κ3) is 2.90. The van der Waals surface area contributed by atoms with Crippen molar-refractivity contribution in [2.24, 2.45) is 0 Å². The fraction of sp³-hybridized carbons (Fsp3) is 0.0714. The topological polar surface area (TPSA) is 38.3 Å². The predicted octanol–water partition coefficient (Wildman–Crippen LogP) is 3.36. The summed E-state index contributed by atoms with van der Waals surface area (Å²) >= 11 is 0. The second-order valence-electron chi connectivity index (χ2n) is 3.93. The molecule has 104 valence electrons. The molecule has 0 saturated carbocycles. The Morgan fingerprint density at radius 2 is 1.80 bits per heavy atom. The van der Waals surface area contributed by atoms with Gasteiger partial charge in [0.25, 0.3) is 5.91 Å². The molecule has 0 aliphatic heterocycles. The molecule has 0 atom stereocenters. The van der Waals surface area contributed by atoms with Crippen molar-refractivity contribution in [2.45, 2.75) is 0 Å². The Bertz CT molecular complexity index is 659. The smallest absolute Gasteiger partial charge is 0.255 e. The van der Waals surface area contributed by atoms with Crippen LogP contribution in [-0.2, 0) is 0 Å². The molecule has 0 bridgehead atoms. The quantitative estimate of drug-likeness (QED) is 0.936. The standard InChI is InChI=1S/C14H10F3NO2/c1-20-13-5-2-8(6-11(13)17)14(19)18-12-4-3-9(15)7-10(12)16/h2-7H,1H3,(H,18,19). The van der Waals surface area contributed by atoms with Crippen LogP contribution < -0.4 is 10.1 Å². The lowest BCUT2D eigenvalue weighted by molar-refractivity contribution is 0.102. The lowest BCUT2D eigenvalue weighted by Gasteiger charge is -2.08. The maximum absolute atomic E-state index is 13.5. The Labute approximate surface area is 113 Å². The summed E-state index contributed by atoms with van der Waals surface area (Å²) in [5.74, 6) is -3.09. The fourth-order valence-electron chi connectivity index (χ4n) is 1.59. The number of halogens is 3. The van der Waals surface area contributed by atoms with Gasteiger partial charge < -0.3 is 10.1 Å². The Morgan fingerprint density at radius 3 is 2.40 bits per heavy atom. The van der Waals surface area contributed by atoms with Gasteiger partial charge in [-0.1, -0.05) is 0 Å². The van der Waals surface area contributed by atoms with E-state index in [9.17, 15) is 18.0 Å². The first-order chi connectivity index (χ1) is 9.51. The molecule has 0 aliphatic carbocycles. The number of benzene rings is 2. The number of anilines is 1. The van der Waals surface area contributed by atoms with Crippen molar-refractivity contribution in [1.29, 1.82) is 0 Å². The van der Waals surface area contributed by atoms with Crippen molar-refractivity contribution in [3.63, 3.8) is 0 Å². The molecule has 0 aromatic heterocycles. The van der Waals surface area contributed by atoms with Gasteiger partial charge in [0.05, 0.1) is 12.8 Å². The maximum atomic E-state index is 13.5. The van der Waals surface area contributed by atoms with E-state index in [0.29, 0.717) is 6.07 Å². The van der Waals surface area contributed by atoms with E-state index in [0.717, 1.165) is 18.2 Å². The van der Waals surface area contributed by atoms with E-state index in [-0.39, 0.29) is 17.0 Å². The normalized spacial score (nSPS) is 10.2. The molecule has 2 aromatic carbocycles. The average molecular weight is 281 g/mol. The molecule has 0 aliphatic rings. The number of hydrogen-bond acceptors (Lipinski definition) is 2. The number of amides is 1. The second-order valence-corrected chi connectivity index (χ2v) is 3.93. The van der Waals surface area contributed by atoms with E-state index in [1.165, 1.54) is 19.2 Å². The van der Waals surface area contributed by atoms with Gasteiger partial charge in [0.15, 0.2) is 11.6 Å². The lowest BCUT2D eigenvalue weighted by Crippen LogP contribution is -2.13. The SMILES string of the molecule is COc1ccc(C(=O)Nc2ccc(F)cc2F)cc1F. The first kappa shape index (κ1) is 13.9. The van der Waals surface area contributed by atoms with Crippen molar-refractivity contribution in [3.05, 3.63) is 59.4 Å². The number of ether oxygens (including phenoxy) is 1. The largest absolute Gasteiger partial charge is 0.494 e. The monoisotopic (exact) mass is 281 g/mol. The number of carbonyl (C=O) groups excluding carboxylic acids is 1. The van der Waals surface area contributed by atoms with Crippen LogP contribution in [0.15, 0.2) is 36.4 Å². The first-order valence-corrected chi connectivity index (χ1v) is 5.61. The van der Waals surface area contributed by atoms with Crippen LogP contribution in [0, 0.1) is 17.5 Å². The van der Waals surface area contributed by atoms with E-state index in [1.54, 1.807) is 0 Å². The minimum absolute atomic E-state index is 0.00508. The Morgan fingerprint density at radius 1 is 1.05 bits per heavy atom. The van der Waals surface area contributed by atoms with Gasteiger partial charge in [0, 0.05) is 11.6 Å². The number of carbonyl (C=O) groups is 1. The number of methoxy groups -OCH3 is 1. The minimum Gasteiger partial charge on any atom is -0.494 e. The van der Waals surface area contributed by atoms with Crippen LogP contribution in [0.25, 0.3) is 0 Å². The lowest BCUT2D eigenvalue weighted by atomic mass is 10.2. The molecule has 1 amide bonds. The molecule has 0 saturated heterocycles. The molecular weight excluding hydrogens is 271 g/mol. The third-order valence-corrected chi connectivity index (χ3v) is 2.59. The number of rotatable bonds is 3. The molecule has 1 N–H and O–H groups in total. The summed E-state index contributed by atoms with van der Waals surface area (Å²) in [6, 6.07) is 6.32. The second kappa shape index (κ2) is 5.64. The summed E-state index contributed by atoms with van der Waals surface area (Å²) in [7, 11) is 1.30. The number of nitrogens with one attached hydrogen (secondary N) is 1. The van der Waals surface area contributed by atoms with Gasteiger partial charge in [-0.25, -0.2) is 13.2 Å². The average Bonchev–Trinajstić information content (AvgIpc) is 2.41. The van der Waals surface area contributed by atoms with Gasteiger partial charge in [-0.2, -0.15) is 0 Å². The molecule has 2 aromatic rings. The number of hydrogen-bond donors (Lipinski definition) is 1. The fourth-order valence-corrected chi connectivity index (χ4v) is 1.59. The highest BCUT2D eigenvalue weighted by Gasteiger charge is 2.12. The molecule has 2 rings (SSSR count). The van der Waals surface area contributed by atoms with Gasteiger partial charge in [0.1, 0.15) is 11.6 Å². The van der Waals surface area contributed by atoms with Crippen LogP contribution in [0.4, 0.5) is 18.9 Å². The molecule has 0 heterocycles. The van der Waals surface area contributed by atoms with Crippen LogP contribution >= 0.6 is 0 Å². The van der Waals surface area contributed by atoms with Crippen molar-refractivity contribution in [2.75, 3.05) is 12.4 Å². The highest BCUT2D eigenvalue weighted by Crippen LogP contribution is 2.20. The van der Waals surface area contributed by atoms with Gasteiger partial charge in [0.2, 0.25) is 0 Å². The Kier molecular flexibility index (Phi) is 3.93. The van der Waals surface area contributed by atoms with Crippen molar-refractivity contribution < 1.29 is 22.7 Å². The summed E-state index contributed by atoms with van der Waals surface area (Å²) in [4.78, 5) is 11.8.